The quantitative estimate of drug-likeness (QED) is 0.753. The second kappa shape index (κ2) is 5.28. The van der Waals surface area contributed by atoms with E-state index in [0.29, 0.717) is 17.9 Å². The van der Waals surface area contributed by atoms with Crippen molar-refractivity contribution < 1.29 is 14.6 Å². The number of rotatable bonds is 4. The van der Waals surface area contributed by atoms with Crippen LogP contribution in [0, 0.1) is 12.3 Å². The largest absolute Gasteiger partial charge is 0.497 e. The van der Waals surface area contributed by atoms with Crippen molar-refractivity contribution in [3.63, 3.8) is 0 Å². The maximum atomic E-state index is 9.32. The predicted octanol–water partition coefficient (Wildman–Crippen LogP) is 1.24. The van der Waals surface area contributed by atoms with Crippen LogP contribution in [0.4, 0.5) is 0 Å². The van der Waals surface area contributed by atoms with Crippen molar-refractivity contribution in [1.29, 1.82) is 0 Å². The van der Waals surface area contributed by atoms with Crippen molar-refractivity contribution in [1.82, 2.24) is 0 Å². The monoisotopic (exact) mass is 206 g/mol. The first-order valence-electron chi connectivity index (χ1n) is 4.55. The van der Waals surface area contributed by atoms with Crippen LogP contribution in [0.25, 0.3) is 0 Å². The molecule has 0 radical (unpaired) electrons. The highest BCUT2D eigenvalue weighted by molar-refractivity contribution is 5.39. The van der Waals surface area contributed by atoms with E-state index < -0.39 is 6.10 Å². The van der Waals surface area contributed by atoms with Crippen LogP contribution in [-0.4, -0.2) is 25.4 Å². The number of hydrogen-bond donors (Lipinski definition) is 1. The lowest BCUT2D eigenvalue weighted by molar-refractivity contribution is 0.233. The van der Waals surface area contributed by atoms with Gasteiger partial charge in [-0.15, -0.1) is 6.42 Å². The van der Waals surface area contributed by atoms with Gasteiger partial charge in [-0.1, -0.05) is 5.92 Å². The maximum absolute atomic E-state index is 9.32. The third-order valence-electron chi connectivity index (χ3n) is 2.03. The molecule has 3 nitrogen and oxygen atoms in total. The third-order valence-corrected chi connectivity index (χ3v) is 2.03. The van der Waals surface area contributed by atoms with Gasteiger partial charge in [0.25, 0.3) is 0 Å². The van der Waals surface area contributed by atoms with Crippen molar-refractivity contribution in [3.8, 4) is 23.8 Å². The summed E-state index contributed by atoms with van der Waals surface area (Å²) in [5, 5.41) is 9.32. The molecule has 1 atom stereocenters. The number of aliphatic hydroxyl groups is 1. The number of ether oxygens (including phenoxy) is 2. The Kier molecular flexibility index (Phi) is 4.02. The van der Waals surface area contributed by atoms with Gasteiger partial charge in [-0.05, 0) is 17.7 Å². The molecule has 80 valence electrons. The Morgan fingerprint density at radius 2 is 1.80 bits per heavy atom. The van der Waals surface area contributed by atoms with Gasteiger partial charge in [0.2, 0.25) is 0 Å². The van der Waals surface area contributed by atoms with E-state index in [1.54, 1.807) is 20.3 Å². The van der Waals surface area contributed by atoms with Crippen LogP contribution < -0.4 is 9.47 Å². The van der Waals surface area contributed by atoms with Gasteiger partial charge in [-0.2, -0.15) is 0 Å². The van der Waals surface area contributed by atoms with E-state index >= 15 is 0 Å². The van der Waals surface area contributed by atoms with Crippen molar-refractivity contribution >= 4 is 0 Å². The first-order chi connectivity index (χ1) is 7.19. The molecule has 1 aromatic carbocycles. The van der Waals surface area contributed by atoms with Crippen LogP contribution in [0.1, 0.15) is 5.56 Å². The molecule has 0 fully saturated rings. The zero-order valence-corrected chi connectivity index (χ0v) is 8.86. The molecule has 0 amide bonds. The van der Waals surface area contributed by atoms with Gasteiger partial charge < -0.3 is 14.6 Å². The SMILES string of the molecule is C#CC(O)Cc1cc(OC)cc(OC)c1. The van der Waals surface area contributed by atoms with E-state index in [-0.39, 0.29) is 0 Å². The molecule has 1 rings (SSSR count). The summed E-state index contributed by atoms with van der Waals surface area (Å²) < 4.78 is 10.2. The molecular formula is C12H14O3. The molecule has 0 aliphatic heterocycles. The summed E-state index contributed by atoms with van der Waals surface area (Å²) in [5.41, 5.74) is 0.886. The summed E-state index contributed by atoms with van der Waals surface area (Å²) in [6.07, 6.45) is 4.72. The summed E-state index contributed by atoms with van der Waals surface area (Å²) in [6.45, 7) is 0. The summed E-state index contributed by atoms with van der Waals surface area (Å²) in [5.74, 6) is 3.64. The fourth-order valence-electron chi connectivity index (χ4n) is 1.27. The second-order valence-electron chi connectivity index (χ2n) is 3.11. The van der Waals surface area contributed by atoms with E-state index in [1.165, 1.54) is 0 Å². The molecule has 15 heavy (non-hydrogen) atoms. The van der Waals surface area contributed by atoms with Gasteiger partial charge in [0.05, 0.1) is 14.2 Å². The molecule has 1 N–H and O–H groups in total. The van der Waals surface area contributed by atoms with Crippen LogP contribution in [0.5, 0.6) is 11.5 Å². The van der Waals surface area contributed by atoms with Gasteiger partial charge in [-0.3, -0.25) is 0 Å². The average Bonchev–Trinajstić information content (AvgIpc) is 2.28. The molecule has 0 aromatic heterocycles. The average molecular weight is 206 g/mol. The van der Waals surface area contributed by atoms with E-state index in [2.05, 4.69) is 5.92 Å². The molecule has 0 aliphatic carbocycles. The highest BCUT2D eigenvalue weighted by atomic mass is 16.5. The molecule has 1 unspecified atom stereocenters. The second-order valence-corrected chi connectivity index (χ2v) is 3.11. The van der Waals surface area contributed by atoms with Crippen molar-refractivity contribution in [2.45, 2.75) is 12.5 Å². The Bertz CT molecular complexity index is 343. The van der Waals surface area contributed by atoms with E-state index in [0.717, 1.165) is 5.56 Å². The maximum Gasteiger partial charge on any atom is 0.122 e. The minimum atomic E-state index is -0.776. The molecule has 3 heteroatoms. The van der Waals surface area contributed by atoms with Gasteiger partial charge in [0.15, 0.2) is 0 Å². The first kappa shape index (κ1) is 11.4. The zero-order valence-electron chi connectivity index (χ0n) is 8.86. The number of benzene rings is 1. The predicted molar refractivity (Wildman–Crippen MR) is 58.1 cm³/mol. The molecule has 0 aliphatic rings. The molecule has 1 aromatic rings. The van der Waals surface area contributed by atoms with E-state index in [4.69, 9.17) is 15.9 Å². The van der Waals surface area contributed by atoms with Crippen LogP contribution in [0.2, 0.25) is 0 Å². The minimum Gasteiger partial charge on any atom is -0.497 e. The van der Waals surface area contributed by atoms with Crippen molar-refractivity contribution in [2.75, 3.05) is 14.2 Å². The van der Waals surface area contributed by atoms with Crippen LogP contribution in [0.3, 0.4) is 0 Å². The number of methoxy groups -OCH3 is 2. The molecule has 0 bridgehead atoms. The molecule has 0 spiro atoms. The highest BCUT2D eigenvalue weighted by Gasteiger charge is 2.05. The summed E-state index contributed by atoms with van der Waals surface area (Å²) >= 11 is 0. The molecular weight excluding hydrogens is 192 g/mol. The van der Waals surface area contributed by atoms with Crippen molar-refractivity contribution in [2.24, 2.45) is 0 Å². The fourth-order valence-corrected chi connectivity index (χ4v) is 1.27. The molecule has 0 heterocycles. The van der Waals surface area contributed by atoms with Gasteiger partial charge in [0, 0.05) is 12.5 Å². The Morgan fingerprint density at radius 1 is 1.27 bits per heavy atom. The lowest BCUT2D eigenvalue weighted by Crippen LogP contribution is -2.07. The Hall–Kier alpha value is -1.66. The van der Waals surface area contributed by atoms with Crippen molar-refractivity contribution in [3.05, 3.63) is 23.8 Å². The van der Waals surface area contributed by atoms with Crippen LogP contribution in [0.15, 0.2) is 18.2 Å². The zero-order chi connectivity index (χ0) is 11.3. The highest BCUT2D eigenvalue weighted by Crippen LogP contribution is 2.23. The van der Waals surface area contributed by atoms with Crippen LogP contribution in [-0.2, 0) is 6.42 Å². The lowest BCUT2D eigenvalue weighted by atomic mass is 10.1. The topological polar surface area (TPSA) is 38.7 Å². The smallest absolute Gasteiger partial charge is 0.122 e. The Morgan fingerprint density at radius 3 is 2.20 bits per heavy atom. The Balaban J connectivity index is 2.92. The lowest BCUT2D eigenvalue weighted by Gasteiger charge is -2.09. The summed E-state index contributed by atoms with van der Waals surface area (Å²) in [7, 11) is 3.16. The number of aliphatic hydroxyl groups excluding tert-OH is 1. The summed E-state index contributed by atoms with van der Waals surface area (Å²) in [6, 6.07) is 5.41. The van der Waals surface area contributed by atoms with Gasteiger partial charge in [0.1, 0.15) is 17.6 Å². The van der Waals surface area contributed by atoms with Gasteiger partial charge in [-0.25, -0.2) is 0 Å². The fraction of sp³-hybridized carbons (Fsp3) is 0.333. The molecule has 0 saturated carbocycles. The summed E-state index contributed by atoms with van der Waals surface area (Å²) in [4.78, 5) is 0. The first-order valence-corrected chi connectivity index (χ1v) is 4.55. The number of terminal acetylenes is 1. The standard InChI is InChI=1S/C12H14O3/c1-4-10(13)5-9-6-11(14-2)8-12(7-9)15-3/h1,6-8,10,13H,5H2,2-3H3. The third kappa shape index (κ3) is 3.19. The van der Waals surface area contributed by atoms with E-state index in [1.807, 2.05) is 12.1 Å². The van der Waals surface area contributed by atoms with Gasteiger partial charge >= 0.3 is 0 Å². The van der Waals surface area contributed by atoms with Crippen LogP contribution >= 0.6 is 0 Å². The normalized spacial score (nSPS) is 11.6. The van der Waals surface area contributed by atoms with E-state index in [9.17, 15) is 5.11 Å². The minimum absolute atomic E-state index is 0.393. The molecule has 0 saturated heterocycles. The number of hydrogen-bond acceptors (Lipinski definition) is 3. The Labute approximate surface area is 89.6 Å².